The number of ether oxygens (including phenoxy) is 3. The maximum atomic E-state index is 12.2. The first-order chi connectivity index (χ1) is 17.1. The second-order valence-electron chi connectivity index (χ2n) is 11.0. The molecule has 0 saturated carbocycles. The number of unbranched alkanes of at least 4 members (excludes halogenated alkanes) is 2. The van der Waals surface area contributed by atoms with E-state index < -0.39 is 4.32 Å². The molecule has 0 amide bonds. The van der Waals surface area contributed by atoms with Gasteiger partial charge in [-0.3, -0.25) is 19.3 Å². The van der Waals surface area contributed by atoms with Crippen molar-refractivity contribution in [2.24, 2.45) is 0 Å². The largest absolute Gasteiger partial charge is 0.461 e. The van der Waals surface area contributed by atoms with Crippen LogP contribution in [0.25, 0.3) is 0 Å². The zero-order valence-corrected chi connectivity index (χ0v) is 26.3. The van der Waals surface area contributed by atoms with Crippen molar-refractivity contribution in [1.82, 2.24) is 14.7 Å². The minimum Gasteiger partial charge on any atom is -0.461 e. The van der Waals surface area contributed by atoms with Crippen LogP contribution in [0, 0.1) is 0 Å². The lowest BCUT2D eigenvalue weighted by Gasteiger charge is -2.27. The minimum atomic E-state index is -0.736. The summed E-state index contributed by atoms with van der Waals surface area (Å²) >= 11 is 3.35. The molecule has 0 aliphatic rings. The Hall–Kier alpha value is -1.23. The molecule has 0 heterocycles. The fourth-order valence-corrected chi connectivity index (χ4v) is 3.99. The zero-order chi connectivity index (χ0) is 28.6. The quantitative estimate of drug-likeness (QED) is 0.0906. The fraction of sp³-hybridized carbons (Fsp3) is 0.889. The summed E-state index contributed by atoms with van der Waals surface area (Å²) in [6.45, 7) is 12.7. The van der Waals surface area contributed by atoms with Crippen LogP contribution in [0.3, 0.4) is 0 Å². The molecule has 0 radical (unpaired) electrons. The maximum Gasteiger partial charge on any atom is 0.322 e. The molecule has 0 N–H and O–H groups in total. The summed E-state index contributed by atoms with van der Waals surface area (Å²) in [4.78, 5) is 42.7. The van der Waals surface area contributed by atoms with Gasteiger partial charge in [-0.25, -0.2) is 0 Å². The summed E-state index contributed by atoms with van der Waals surface area (Å²) in [6.07, 6.45) is 3.31. The molecule has 9 nitrogen and oxygen atoms in total. The van der Waals surface area contributed by atoms with E-state index in [0.29, 0.717) is 32.5 Å². The molecular weight excluding hydrogens is 542 g/mol. The molecule has 0 bridgehead atoms. The smallest absolute Gasteiger partial charge is 0.322 e. The molecule has 3 atom stereocenters. The third kappa shape index (κ3) is 20.4. The Morgan fingerprint density at radius 1 is 0.676 bits per heavy atom. The number of nitrogens with zero attached hydrogens (tertiary/aromatic N) is 3. The van der Waals surface area contributed by atoms with Crippen LogP contribution in [-0.4, -0.2) is 116 Å². The molecule has 0 saturated heterocycles. The summed E-state index contributed by atoms with van der Waals surface area (Å²) in [5.41, 5.74) is 0. The number of carbonyl (C=O) groups excluding carboxylic acids is 3. The Morgan fingerprint density at radius 3 is 1.41 bits per heavy atom. The van der Waals surface area contributed by atoms with Crippen molar-refractivity contribution < 1.29 is 28.6 Å². The van der Waals surface area contributed by atoms with Crippen molar-refractivity contribution in [3.8, 4) is 0 Å². The number of hydrogen-bond acceptors (Lipinski definition) is 9. The van der Waals surface area contributed by atoms with E-state index in [-0.39, 0.29) is 36.2 Å². The lowest BCUT2D eigenvalue weighted by Crippen LogP contribution is -2.38. The number of alkyl halides is 1. The zero-order valence-electron chi connectivity index (χ0n) is 24.7. The van der Waals surface area contributed by atoms with Crippen LogP contribution in [-0.2, 0) is 28.6 Å². The van der Waals surface area contributed by atoms with Gasteiger partial charge in [-0.1, -0.05) is 15.9 Å². The number of likely N-dealkylation sites (N-methyl/N-ethyl adjacent to an activating group) is 2. The van der Waals surface area contributed by atoms with Gasteiger partial charge >= 0.3 is 17.9 Å². The Balaban J connectivity index is 4.64. The molecular formula is C27H52BrN3O6. The molecule has 0 aromatic heterocycles. The van der Waals surface area contributed by atoms with Gasteiger partial charge in [-0.15, -0.1) is 0 Å². The average molecular weight is 595 g/mol. The lowest BCUT2D eigenvalue weighted by molar-refractivity contribution is -0.151. The van der Waals surface area contributed by atoms with E-state index in [4.69, 9.17) is 14.2 Å². The highest BCUT2D eigenvalue weighted by Gasteiger charge is 2.27. The monoisotopic (exact) mass is 593 g/mol. The van der Waals surface area contributed by atoms with Crippen molar-refractivity contribution in [2.45, 2.75) is 95.8 Å². The molecule has 0 fully saturated rings. The van der Waals surface area contributed by atoms with Crippen molar-refractivity contribution in [3.05, 3.63) is 0 Å². The molecule has 37 heavy (non-hydrogen) atoms. The Labute approximate surface area is 233 Å². The van der Waals surface area contributed by atoms with E-state index in [1.165, 1.54) is 0 Å². The standard InChI is InChI=1S/C27H52BrN3O6/c1-21(18-29(6)7)35-24(32)14-10-12-16-31(20-23(3)37-26(34)27(4,5)28)17-13-11-15-25(33)36-22(2)19-30(8)9/h21-23H,10-20H2,1-9H3. The molecule has 3 unspecified atom stereocenters. The minimum absolute atomic E-state index is 0.134. The van der Waals surface area contributed by atoms with Gasteiger partial charge in [-0.2, -0.15) is 0 Å². The van der Waals surface area contributed by atoms with Crippen LogP contribution < -0.4 is 0 Å². The topological polar surface area (TPSA) is 88.6 Å². The Kier molecular flexibility index (Phi) is 18.3. The molecule has 0 rings (SSSR count). The third-order valence-corrected chi connectivity index (χ3v) is 5.75. The van der Waals surface area contributed by atoms with E-state index in [1.54, 1.807) is 13.8 Å². The second-order valence-corrected chi connectivity index (χ2v) is 13.0. The molecule has 0 aromatic carbocycles. The molecule has 10 heteroatoms. The normalized spacial score (nSPS) is 14.5. The van der Waals surface area contributed by atoms with Gasteiger partial charge < -0.3 is 24.0 Å². The van der Waals surface area contributed by atoms with Gasteiger partial charge in [-0.05, 0) is 102 Å². The third-order valence-electron chi connectivity index (χ3n) is 5.43. The number of rotatable bonds is 20. The van der Waals surface area contributed by atoms with E-state index >= 15 is 0 Å². The summed E-state index contributed by atoms with van der Waals surface area (Å²) < 4.78 is 15.8. The molecule has 218 valence electrons. The number of esters is 3. The van der Waals surface area contributed by atoms with E-state index in [2.05, 4.69) is 20.8 Å². The Bertz CT molecular complexity index is 631. The second kappa shape index (κ2) is 18.9. The predicted molar refractivity (Wildman–Crippen MR) is 151 cm³/mol. The maximum absolute atomic E-state index is 12.2. The highest BCUT2D eigenvalue weighted by atomic mass is 79.9. The van der Waals surface area contributed by atoms with Crippen LogP contribution in [0.1, 0.15) is 73.1 Å². The van der Waals surface area contributed by atoms with Crippen molar-refractivity contribution in [1.29, 1.82) is 0 Å². The van der Waals surface area contributed by atoms with Gasteiger partial charge in [0.15, 0.2) is 0 Å². The van der Waals surface area contributed by atoms with Crippen LogP contribution in [0.15, 0.2) is 0 Å². The molecule has 0 aliphatic heterocycles. The molecule has 0 aliphatic carbocycles. The number of carbonyl (C=O) groups is 3. The van der Waals surface area contributed by atoms with Gasteiger partial charge in [0.2, 0.25) is 0 Å². The number of halogens is 1. The molecule has 0 spiro atoms. The SMILES string of the molecule is CC(CN(C)C)OC(=O)CCCCN(CCCCC(=O)OC(C)CN(C)C)CC(C)OC(=O)C(C)(C)Br. The summed E-state index contributed by atoms with van der Waals surface area (Å²) in [6, 6.07) is 0. The van der Waals surface area contributed by atoms with Gasteiger partial charge in [0.25, 0.3) is 0 Å². The Morgan fingerprint density at radius 2 is 1.05 bits per heavy atom. The van der Waals surface area contributed by atoms with Crippen LogP contribution in [0.2, 0.25) is 0 Å². The van der Waals surface area contributed by atoms with Gasteiger partial charge in [0, 0.05) is 32.5 Å². The first-order valence-corrected chi connectivity index (χ1v) is 14.2. The van der Waals surface area contributed by atoms with Crippen LogP contribution in [0.4, 0.5) is 0 Å². The van der Waals surface area contributed by atoms with E-state index in [0.717, 1.165) is 38.8 Å². The van der Waals surface area contributed by atoms with Gasteiger partial charge in [0.1, 0.15) is 22.6 Å². The van der Waals surface area contributed by atoms with Gasteiger partial charge in [0.05, 0.1) is 0 Å². The first-order valence-electron chi connectivity index (χ1n) is 13.4. The number of hydrogen-bond donors (Lipinski definition) is 0. The van der Waals surface area contributed by atoms with E-state index in [9.17, 15) is 14.4 Å². The highest BCUT2D eigenvalue weighted by molar-refractivity contribution is 9.10. The predicted octanol–water partition coefficient (Wildman–Crippen LogP) is 3.72. The van der Waals surface area contributed by atoms with Crippen molar-refractivity contribution in [2.75, 3.05) is 60.9 Å². The first kappa shape index (κ1) is 35.8. The van der Waals surface area contributed by atoms with Crippen molar-refractivity contribution >= 4 is 33.8 Å². The average Bonchev–Trinajstić information content (AvgIpc) is 2.71. The summed E-state index contributed by atoms with van der Waals surface area (Å²) in [5, 5.41) is 0. The van der Waals surface area contributed by atoms with Crippen LogP contribution in [0.5, 0.6) is 0 Å². The van der Waals surface area contributed by atoms with Crippen molar-refractivity contribution in [3.63, 3.8) is 0 Å². The highest BCUT2D eigenvalue weighted by Crippen LogP contribution is 2.19. The summed E-state index contributed by atoms with van der Waals surface area (Å²) in [7, 11) is 7.80. The van der Waals surface area contributed by atoms with Crippen LogP contribution >= 0.6 is 15.9 Å². The summed E-state index contributed by atoms with van der Waals surface area (Å²) in [5.74, 6) is -0.654. The lowest BCUT2D eigenvalue weighted by atomic mass is 10.2. The van der Waals surface area contributed by atoms with E-state index in [1.807, 2.05) is 58.8 Å². The fourth-order valence-electron chi connectivity index (χ4n) is 3.90. The molecule has 0 aromatic rings.